The van der Waals surface area contributed by atoms with Gasteiger partial charge < -0.3 is 5.32 Å². The van der Waals surface area contributed by atoms with Crippen LogP contribution < -0.4 is 10.6 Å². The largest absolute Gasteiger partial charge is 0.338 e. The summed E-state index contributed by atoms with van der Waals surface area (Å²) in [5.74, 6) is 1.88. The highest BCUT2D eigenvalue weighted by molar-refractivity contribution is 7.99. The van der Waals surface area contributed by atoms with E-state index in [4.69, 9.17) is 0 Å². The third kappa shape index (κ3) is 4.02. The van der Waals surface area contributed by atoms with Gasteiger partial charge in [0.05, 0.1) is 6.04 Å². The third-order valence-corrected chi connectivity index (χ3v) is 3.49. The minimum Gasteiger partial charge on any atom is -0.338 e. The molecule has 0 bridgehead atoms. The van der Waals surface area contributed by atoms with Gasteiger partial charge in [-0.25, -0.2) is 4.79 Å². The molecule has 1 aliphatic heterocycles. The molecule has 1 heterocycles. The lowest BCUT2D eigenvalue weighted by Gasteiger charge is -2.30. The average Bonchev–Trinajstić information content (AvgIpc) is 2.29. The van der Waals surface area contributed by atoms with Gasteiger partial charge in [-0.1, -0.05) is 0 Å². The summed E-state index contributed by atoms with van der Waals surface area (Å²) in [6.07, 6.45) is 0. The van der Waals surface area contributed by atoms with Crippen LogP contribution in [0.2, 0.25) is 0 Å². The van der Waals surface area contributed by atoms with Crippen molar-refractivity contribution in [3.63, 3.8) is 0 Å². The highest BCUT2D eigenvalue weighted by atomic mass is 32.2. The lowest BCUT2D eigenvalue weighted by Crippen LogP contribution is -2.51. The van der Waals surface area contributed by atoms with Crippen molar-refractivity contribution in [3.05, 3.63) is 0 Å². The standard InChI is InChI=1S/C10H19N3O2S/c1-3-11-10(15)12-9(14)8(2)13-4-6-16-7-5-13/h8H,3-7H2,1-2H3,(H2,11,12,14,15). The number of rotatable bonds is 3. The first-order chi connectivity index (χ1) is 7.65. The molecule has 0 aliphatic carbocycles. The molecule has 2 N–H and O–H groups in total. The van der Waals surface area contributed by atoms with Crippen LogP contribution in [0.4, 0.5) is 4.79 Å². The van der Waals surface area contributed by atoms with Gasteiger partial charge in [-0.2, -0.15) is 11.8 Å². The summed E-state index contributed by atoms with van der Waals surface area (Å²) in [7, 11) is 0. The number of urea groups is 1. The van der Waals surface area contributed by atoms with Gasteiger partial charge in [0.15, 0.2) is 0 Å². The van der Waals surface area contributed by atoms with E-state index >= 15 is 0 Å². The number of thioether (sulfide) groups is 1. The highest BCUT2D eigenvalue weighted by Crippen LogP contribution is 2.11. The zero-order valence-electron chi connectivity index (χ0n) is 9.78. The van der Waals surface area contributed by atoms with Gasteiger partial charge in [0.2, 0.25) is 5.91 Å². The van der Waals surface area contributed by atoms with E-state index in [9.17, 15) is 9.59 Å². The van der Waals surface area contributed by atoms with Crippen LogP contribution in [-0.4, -0.2) is 54.0 Å². The van der Waals surface area contributed by atoms with Gasteiger partial charge in [-0.05, 0) is 13.8 Å². The van der Waals surface area contributed by atoms with Crippen molar-refractivity contribution in [3.8, 4) is 0 Å². The van der Waals surface area contributed by atoms with Crippen molar-refractivity contribution < 1.29 is 9.59 Å². The lowest BCUT2D eigenvalue weighted by atomic mass is 10.2. The number of hydrogen-bond donors (Lipinski definition) is 2. The van der Waals surface area contributed by atoms with Crippen LogP contribution in [0, 0.1) is 0 Å². The maximum atomic E-state index is 11.7. The van der Waals surface area contributed by atoms with Crippen molar-refractivity contribution in [2.75, 3.05) is 31.1 Å². The molecule has 0 saturated carbocycles. The molecule has 0 aromatic rings. The molecule has 92 valence electrons. The van der Waals surface area contributed by atoms with Crippen LogP contribution in [0.3, 0.4) is 0 Å². The molecule has 1 atom stereocenters. The summed E-state index contributed by atoms with van der Waals surface area (Å²) in [6.45, 7) is 6.00. The predicted molar refractivity (Wildman–Crippen MR) is 65.6 cm³/mol. The van der Waals surface area contributed by atoms with Crippen LogP contribution in [0.1, 0.15) is 13.8 Å². The SMILES string of the molecule is CCNC(=O)NC(=O)C(C)N1CCSCC1. The molecule has 5 nitrogen and oxygen atoms in total. The molecule has 0 spiro atoms. The fourth-order valence-electron chi connectivity index (χ4n) is 1.55. The van der Waals surface area contributed by atoms with E-state index < -0.39 is 6.03 Å². The number of imide groups is 1. The van der Waals surface area contributed by atoms with Crippen LogP contribution in [-0.2, 0) is 4.79 Å². The van der Waals surface area contributed by atoms with E-state index in [0.717, 1.165) is 24.6 Å². The normalized spacial score (nSPS) is 18.9. The quantitative estimate of drug-likeness (QED) is 0.749. The molecular weight excluding hydrogens is 226 g/mol. The molecule has 0 aromatic carbocycles. The lowest BCUT2D eigenvalue weighted by molar-refractivity contribution is -0.124. The van der Waals surface area contributed by atoms with Crippen molar-refractivity contribution in [2.24, 2.45) is 0 Å². The fraction of sp³-hybridized carbons (Fsp3) is 0.800. The third-order valence-electron chi connectivity index (χ3n) is 2.55. The van der Waals surface area contributed by atoms with Gasteiger partial charge in [0.1, 0.15) is 0 Å². The minimum atomic E-state index is -0.411. The summed E-state index contributed by atoms with van der Waals surface area (Å²) >= 11 is 1.90. The Morgan fingerprint density at radius 1 is 1.38 bits per heavy atom. The molecule has 1 saturated heterocycles. The van der Waals surface area contributed by atoms with E-state index in [-0.39, 0.29) is 11.9 Å². The summed E-state index contributed by atoms with van der Waals surface area (Å²) in [5, 5.41) is 4.88. The molecule has 0 aromatic heterocycles. The number of nitrogens with zero attached hydrogens (tertiary/aromatic N) is 1. The Hall–Kier alpha value is -0.750. The molecule has 1 unspecified atom stereocenters. The number of carbonyl (C=O) groups excluding carboxylic acids is 2. The number of nitrogens with one attached hydrogen (secondary N) is 2. The second kappa shape index (κ2) is 6.75. The second-order valence-corrected chi connectivity index (χ2v) is 4.90. The van der Waals surface area contributed by atoms with Gasteiger partial charge in [-0.3, -0.25) is 15.0 Å². The summed E-state index contributed by atoms with van der Waals surface area (Å²) in [4.78, 5) is 25.0. The molecule has 16 heavy (non-hydrogen) atoms. The van der Waals surface area contributed by atoms with E-state index in [1.165, 1.54) is 0 Å². The van der Waals surface area contributed by atoms with E-state index in [0.29, 0.717) is 6.54 Å². The zero-order valence-corrected chi connectivity index (χ0v) is 10.6. The number of carbonyl (C=O) groups is 2. The van der Waals surface area contributed by atoms with Crippen LogP contribution in [0.25, 0.3) is 0 Å². The van der Waals surface area contributed by atoms with Crippen molar-refractivity contribution in [2.45, 2.75) is 19.9 Å². The Labute approximate surface area is 100 Å². The first-order valence-corrected chi connectivity index (χ1v) is 6.71. The van der Waals surface area contributed by atoms with Crippen molar-refractivity contribution in [1.82, 2.24) is 15.5 Å². The molecule has 6 heteroatoms. The summed E-state index contributed by atoms with van der Waals surface area (Å²) in [5.41, 5.74) is 0. The van der Waals surface area contributed by atoms with E-state index in [1.807, 2.05) is 25.6 Å². The van der Waals surface area contributed by atoms with Crippen molar-refractivity contribution in [1.29, 1.82) is 0 Å². The molecular formula is C10H19N3O2S. The monoisotopic (exact) mass is 245 g/mol. The summed E-state index contributed by atoms with van der Waals surface area (Å²) in [6, 6.07) is -0.644. The molecule has 1 fully saturated rings. The second-order valence-electron chi connectivity index (χ2n) is 3.67. The van der Waals surface area contributed by atoms with Crippen LogP contribution in [0.5, 0.6) is 0 Å². The average molecular weight is 245 g/mol. The van der Waals surface area contributed by atoms with Crippen LogP contribution in [0.15, 0.2) is 0 Å². The molecule has 1 aliphatic rings. The molecule has 0 radical (unpaired) electrons. The van der Waals surface area contributed by atoms with Gasteiger partial charge >= 0.3 is 6.03 Å². The number of hydrogen-bond acceptors (Lipinski definition) is 4. The Kier molecular flexibility index (Phi) is 5.62. The Bertz CT molecular complexity index is 254. The Balaban J connectivity index is 2.37. The van der Waals surface area contributed by atoms with Crippen molar-refractivity contribution >= 4 is 23.7 Å². The first-order valence-electron chi connectivity index (χ1n) is 5.55. The smallest absolute Gasteiger partial charge is 0.321 e. The molecule has 1 rings (SSSR count). The summed E-state index contributed by atoms with van der Waals surface area (Å²) < 4.78 is 0. The minimum absolute atomic E-state index is 0.224. The van der Waals surface area contributed by atoms with E-state index in [1.54, 1.807) is 0 Å². The predicted octanol–water partition coefficient (Wildman–Crippen LogP) is 0.269. The Morgan fingerprint density at radius 2 is 2.00 bits per heavy atom. The maximum Gasteiger partial charge on any atom is 0.321 e. The van der Waals surface area contributed by atoms with Gasteiger partial charge in [-0.15, -0.1) is 0 Å². The topological polar surface area (TPSA) is 61.4 Å². The Morgan fingerprint density at radius 3 is 2.56 bits per heavy atom. The fourth-order valence-corrected chi connectivity index (χ4v) is 2.48. The van der Waals surface area contributed by atoms with E-state index in [2.05, 4.69) is 15.5 Å². The highest BCUT2D eigenvalue weighted by Gasteiger charge is 2.23. The molecule has 3 amide bonds. The maximum absolute atomic E-state index is 11.7. The first kappa shape index (κ1) is 13.3. The number of amides is 3. The van der Waals surface area contributed by atoms with Crippen LogP contribution >= 0.6 is 11.8 Å². The van der Waals surface area contributed by atoms with Gasteiger partial charge in [0, 0.05) is 31.1 Å². The van der Waals surface area contributed by atoms with Gasteiger partial charge in [0.25, 0.3) is 0 Å². The zero-order chi connectivity index (χ0) is 12.0.